The third-order valence-corrected chi connectivity index (χ3v) is 6.03. The first kappa shape index (κ1) is 19.9. The molecular formula is C21H16N4O3S2. The third-order valence-electron chi connectivity index (χ3n) is 3.98. The number of anilines is 2. The van der Waals surface area contributed by atoms with Crippen molar-refractivity contribution < 1.29 is 14.0 Å². The number of carbonyl (C=O) groups excluding carboxylic acids is 2. The van der Waals surface area contributed by atoms with Gasteiger partial charge in [-0.3, -0.25) is 14.9 Å². The molecule has 2 amide bonds. The predicted octanol–water partition coefficient (Wildman–Crippen LogP) is 4.93. The van der Waals surface area contributed by atoms with Crippen LogP contribution >= 0.6 is 23.1 Å². The van der Waals surface area contributed by atoms with Gasteiger partial charge in [-0.2, -0.15) is 0 Å². The molecule has 0 bridgehead atoms. The normalized spacial score (nSPS) is 10.5. The van der Waals surface area contributed by atoms with E-state index < -0.39 is 0 Å². The quantitative estimate of drug-likeness (QED) is 0.315. The highest BCUT2D eigenvalue weighted by Crippen LogP contribution is 2.28. The molecule has 0 spiro atoms. The van der Waals surface area contributed by atoms with E-state index in [0.717, 1.165) is 10.1 Å². The van der Waals surface area contributed by atoms with Crippen LogP contribution in [0, 0.1) is 0 Å². The van der Waals surface area contributed by atoms with E-state index in [1.807, 2.05) is 18.2 Å². The molecule has 4 rings (SSSR count). The summed E-state index contributed by atoms with van der Waals surface area (Å²) in [7, 11) is 0. The molecule has 0 fully saturated rings. The first-order valence-electron chi connectivity index (χ1n) is 8.94. The van der Waals surface area contributed by atoms with E-state index in [4.69, 9.17) is 4.42 Å². The summed E-state index contributed by atoms with van der Waals surface area (Å²) in [5.74, 6) is 0.351. The van der Waals surface area contributed by atoms with Gasteiger partial charge in [-0.05, 0) is 42.0 Å². The average molecular weight is 437 g/mol. The molecule has 0 saturated carbocycles. The predicted molar refractivity (Wildman–Crippen MR) is 117 cm³/mol. The van der Waals surface area contributed by atoms with Gasteiger partial charge in [0.05, 0.1) is 6.26 Å². The Morgan fingerprint density at radius 1 is 0.900 bits per heavy atom. The van der Waals surface area contributed by atoms with E-state index >= 15 is 0 Å². The van der Waals surface area contributed by atoms with Crippen LogP contribution in [0.2, 0.25) is 0 Å². The lowest BCUT2D eigenvalue weighted by atomic mass is 10.2. The van der Waals surface area contributed by atoms with Gasteiger partial charge >= 0.3 is 0 Å². The summed E-state index contributed by atoms with van der Waals surface area (Å²) < 4.78 is 5.83. The van der Waals surface area contributed by atoms with Gasteiger partial charge in [0.1, 0.15) is 0 Å². The Kier molecular flexibility index (Phi) is 6.21. The van der Waals surface area contributed by atoms with Crippen molar-refractivity contribution in [1.82, 2.24) is 10.2 Å². The summed E-state index contributed by atoms with van der Waals surface area (Å²) in [6.45, 7) is 0. The fourth-order valence-corrected chi connectivity index (χ4v) is 4.22. The zero-order valence-electron chi connectivity index (χ0n) is 15.6. The van der Waals surface area contributed by atoms with Crippen LogP contribution in [0.4, 0.5) is 10.8 Å². The Morgan fingerprint density at radius 2 is 1.70 bits per heavy atom. The highest BCUT2D eigenvalue weighted by atomic mass is 32.2. The molecule has 2 heterocycles. The Labute approximate surface area is 180 Å². The second-order valence-corrected chi connectivity index (χ2v) is 8.31. The van der Waals surface area contributed by atoms with Crippen molar-refractivity contribution in [3.05, 3.63) is 89.9 Å². The first-order valence-corrected chi connectivity index (χ1v) is 10.7. The van der Waals surface area contributed by atoms with Crippen LogP contribution < -0.4 is 10.6 Å². The summed E-state index contributed by atoms with van der Waals surface area (Å²) in [4.78, 5) is 24.4. The molecule has 0 atom stereocenters. The van der Waals surface area contributed by atoms with E-state index in [1.54, 1.807) is 48.2 Å². The molecule has 2 aromatic carbocycles. The molecule has 2 N–H and O–H groups in total. The lowest BCUT2D eigenvalue weighted by molar-refractivity contribution is 0.0995. The van der Waals surface area contributed by atoms with Crippen molar-refractivity contribution in [3.8, 4) is 0 Å². The third kappa shape index (κ3) is 5.13. The second kappa shape index (κ2) is 9.38. The zero-order chi connectivity index (χ0) is 20.8. The minimum Gasteiger partial charge on any atom is -0.459 e. The van der Waals surface area contributed by atoms with Crippen molar-refractivity contribution in [3.63, 3.8) is 0 Å². The number of carbonyl (C=O) groups is 2. The molecule has 2 aromatic heterocycles. The van der Waals surface area contributed by atoms with Gasteiger partial charge in [0.25, 0.3) is 11.8 Å². The number of nitrogens with one attached hydrogen (secondary N) is 2. The van der Waals surface area contributed by atoms with Crippen LogP contribution in [0.1, 0.15) is 26.5 Å². The molecule has 0 aliphatic heterocycles. The first-order chi connectivity index (χ1) is 14.7. The van der Waals surface area contributed by atoms with Crippen molar-refractivity contribution in [1.29, 1.82) is 0 Å². The highest BCUT2D eigenvalue weighted by molar-refractivity contribution is 8.00. The number of hydrogen-bond acceptors (Lipinski definition) is 7. The number of thioether (sulfide) groups is 1. The van der Waals surface area contributed by atoms with Crippen molar-refractivity contribution in [2.75, 3.05) is 10.6 Å². The molecule has 9 heteroatoms. The number of aromatic nitrogens is 2. The Balaban J connectivity index is 1.31. The van der Waals surface area contributed by atoms with Crippen LogP contribution in [-0.2, 0) is 5.75 Å². The topological polar surface area (TPSA) is 97.1 Å². The van der Waals surface area contributed by atoms with E-state index in [0.29, 0.717) is 16.4 Å². The lowest BCUT2D eigenvalue weighted by Gasteiger charge is -2.05. The zero-order valence-corrected chi connectivity index (χ0v) is 17.2. The molecule has 4 aromatic rings. The minimum absolute atomic E-state index is 0.217. The second-order valence-electron chi connectivity index (χ2n) is 6.11. The number of hydrogen-bond donors (Lipinski definition) is 2. The standard InChI is InChI=1S/C21H16N4O3S2/c26-18(15-8-10-16(11-9-15)22-19(27)17-7-4-12-28-17)23-20-24-25-21(30-20)29-13-14-5-2-1-3-6-14/h1-12H,13H2,(H,22,27)(H,23,24,26). The van der Waals surface area contributed by atoms with Crippen LogP contribution in [0.15, 0.2) is 81.8 Å². The van der Waals surface area contributed by atoms with E-state index in [-0.39, 0.29) is 17.6 Å². The summed E-state index contributed by atoms with van der Waals surface area (Å²) in [5.41, 5.74) is 2.20. The maximum absolute atomic E-state index is 12.4. The molecule has 7 nitrogen and oxygen atoms in total. The number of furan rings is 1. The largest absolute Gasteiger partial charge is 0.459 e. The van der Waals surface area contributed by atoms with Gasteiger partial charge in [-0.25, -0.2) is 0 Å². The van der Waals surface area contributed by atoms with E-state index in [1.165, 1.54) is 23.2 Å². The average Bonchev–Trinajstić information content (AvgIpc) is 3.46. The fourth-order valence-electron chi connectivity index (χ4n) is 2.51. The molecule has 0 unspecified atom stereocenters. The van der Waals surface area contributed by atoms with Crippen LogP contribution in [0.3, 0.4) is 0 Å². The number of nitrogens with zero attached hydrogens (tertiary/aromatic N) is 2. The fraction of sp³-hybridized carbons (Fsp3) is 0.0476. The molecule has 30 heavy (non-hydrogen) atoms. The molecule has 0 aliphatic rings. The van der Waals surface area contributed by atoms with Crippen molar-refractivity contribution >= 4 is 45.7 Å². The van der Waals surface area contributed by atoms with Crippen molar-refractivity contribution in [2.45, 2.75) is 10.1 Å². The smallest absolute Gasteiger partial charge is 0.291 e. The summed E-state index contributed by atoms with van der Waals surface area (Å²) >= 11 is 2.90. The van der Waals surface area contributed by atoms with Gasteiger partial charge < -0.3 is 9.73 Å². The van der Waals surface area contributed by atoms with Crippen LogP contribution in [-0.4, -0.2) is 22.0 Å². The minimum atomic E-state index is -0.355. The Bertz CT molecular complexity index is 1130. The molecular weight excluding hydrogens is 420 g/mol. The maximum Gasteiger partial charge on any atom is 0.291 e. The maximum atomic E-state index is 12.4. The summed E-state index contributed by atoms with van der Waals surface area (Å²) in [6.07, 6.45) is 1.43. The van der Waals surface area contributed by atoms with Crippen LogP contribution in [0.25, 0.3) is 0 Å². The lowest BCUT2D eigenvalue weighted by Crippen LogP contribution is -2.13. The molecule has 0 saturated heterocycles. The van der Waals surface area contributed by atoms with Gasteiger partial charge in [0.2, 0.25) is 5.13 Å². The molecule has 0 radical (unpaired) electrons. The molecule has 150 valence electrons. The van der Waals surface area contributed by atoms with E-state index in [2.05, 4.69) is 33.0 Å². The number of amides is 2. The Morgan fingerprint density at radius 3 is 2.43 bits per heavy atom. The molecule has 0 aliphatic carbocycles. The van der Waals surface area contributed by atoms with Gasteiger partial charge in [0, 0.05) is 17.0 Å². The Hall–Kier alpha value is -3.43. The van der Waals surface area contributed by atoms with Gasteiger partial charge in [-0.15, -0.1) is 10.2 Å². The van der Waals surface area contributed by atoms with Gasteiger partial charge in [-0.1, -0.05) is 53.4 Å². The van der Waals surface area contributed by atoms with Crippen molar-refractivity contribution in [2.24, 2.45) is 0 Å². The highest BCUT2D eigenvalue weighted by Gasteiger charge is 2.12. The van der Waals surface area contributed by atoms with Crippen LogP contribution in [0.5, 0.6) is 0 Å². The van der Waals surface area contributed by atoms with E-state index in [9.17, 15) is 9.59 Å². The van der Waals surface area contributed by atoms with Gasteiger partial charge in [0.15, 0.2) is 10.1 Å². The summed E-state index contributed by atoms with van der Waals surface area (Å²) in [6, 6.07) is 19.8. The number of benzene rings is 2. The summed E-state index contributed by atoms with van der Waals surface area (Å²) in [5, 5.41) is 14.0. The SMILES string of the molecule is O=C(Nc1nnc(SCc2ccccc2)s1)c1ccc(NC(=O)c2ccco2)cc1. The monoisotopic (exact) mass is 436 g/mol. The number of rotatable bonds is 7.